The molecule has 152 valence electrons. The fraction of sp³-hybridized carbons (Fsp3) is 0.261. The Labute approximate surface area is 171 Å². The lowest BCUT2D eigenvalue weighted by atomic mass is 10.2. The van der Waals surface area contributed by atoms with Crippen LogP contribution in [0.3, 0.4) is 0 Å². The third-order valence-corrected chi connectivity index (χ3v) is 4.44. The van der Waals surface area contributed by atoms with E-state index in [1.807, 2.05) is 74.4 Å². The van der Waals surface area contributed by atoms with Crippen LogP contribution in [0.4, 0.5) is 0 Å². The Balaban J connectivity index is 1.45. The maximum atomic E-state index is 12.1. The van der Waals surface area contributed by atoms with Crippen molar-refractivity contribution in [3.8, 4) is 17.2 Å². The maximum Gasteiger partial charge on any atom is 0.258 e. The van der Waals surface area contributed by atoms with E-state index < -0.39 is 0 Å². The molecule has 0 fully saturated rings. The third-order valence-electron chi connectivity index (χ3n) is 4.44. The lowest BCUT2D eigenvalue weighted by Crippen LogP contribution is -2.36. The van der Waals surface area contributed by atoms with Gasteiger partial charge in [0.05, 0.1) is 12.3 Å². The minimum absolute atomic E-state index is 0.0350. The van der Waals surface area contributed by atoms with E-state index in [0.29, 0.717) is 18.0 Å². The highest BCUT2D eigenvalue weighted by molar-refractivity contribution is 5.77. The second-order valence-corrected chi connectivity index (χ2v) is 6.97. The van der Waals surface area contributed by atoms with Crippen LogP contribution in [0.2, 0.25) is 0 Å². The van der Waals surface area contributed by atoms with Crippen LogP contribution in [-0.4, -0.2) is 38.1 Å². The number of hydrogen-bond acceptors (Lipinski definition) is 5. The molecule has 0 bridgehead atoms. The number of hydrogen-bond donors (Lipinski definition) is 1. The van der Waals surface area contributed by atoms with E-state index in [9.17, 15) is 4.79 Å². The Bertz CT molecular complexity index is 888. The van der Waals surface area contributed by atoms with Crippen LogP contribution in [0.25, 0.3) is 0 Å². The van der Waals surface area contributed by atoms with Crippen LogP contribution in [0.1, 0.15) is 17.4 Å². The Morgan fingerprint density at radius 1 is 1.00 bits per heavy atom. The summed E-state index contributed by atoms with van der Waals surface area (Å²) in [5.74, 6) is 2.70. The smallest absolute Gasteiger partial charge is 0.258 e. The Hall–Kier alpha value is -3.25. The molecule has 3 aromatic rings. The van der Waals surface area contributed by atoms with Gasteiger partial charge in [-0.05, 0) is 69.6 Å². The van der Waals surface area contributed by atoms with Crippen molar-refractivity contribution < 1.29 is 18.7 Å². The third kappa shape index (κ3) is 6.12. The summed E-state index contributed by atoms with van der Waals surface area (Å²) in [6, 6.07) is 18.7. The number of likely N-dealkylation sites (N-methyl/N-ethyl adjacent to an activating group) is 1. The maximum absolute atomic E-state index is 12.1. The summed E-state index contributed by atoms with van der Waals surface area (Å²) < 4.78 is 16.8. The molecule has 1 N–H and O–H groups in total. The molecule has 0 aliphatic heterocycles. The molecule has 0 aliphatic carbocycles. The minimum atomic E-state index is -0.191. The van der Waals surface area contributed by atoms with Gasteiger partial charge in [-0.25, -0.2) is 0 Å². The minimum Gasteiger partial charge on any atom is -0.484 e. The summed E-state index contributed by atoms with van der Waals surface area (Å²) in [6.45, 7) is 2.41. The van der Waals surface area contributed by atoms with Gasteiger partial charge in [0, 0.05) is 6.54 Å². The molecular formula is C23H26N2O4. The first kappa shape index (κ1) is 20.5. The summed E-state index contributed by atoms with van der Waals surface area (Å²) in [6.07, 6.45) is 1.63. The van der Waals surface area contributed by atoms with Gasteiger partial charge in [-0.3, -0.25) is 9.69 Å². The molecule has 0 saturated carbocycles. The molecule has 29 heavy (non-hydrogen) atoms. The molecule has 1 heterocycles. The van der Waals surface area contributed by atoms with E-state index in [1.54, 1.807) is 18.4 Å². The summed E-state index contributed by atoms with van der Waals surface area (Å²) >= 11 is 0. The molecule has 6 heteroatoms. The molecule has 6 nitrogen and oxygen atoms in total. The van der Waals surface area contributed by atoms with Gasteiger partial charge in [-0.15, -0.1) is 0 Å². The predicted octanol–water partition coefficient (Wildman–Crippen LogP) is 4.18. The van der Waals surface area contributed by atoms with Crippen molar-refractivity contribution in [1.29, 1.82) is 0 Å². The highest BCUT2D eigenvalue weighted by Crippen LogP contribution is 2.24. The van der Waals surface area contributed by atoms with Gasteiger partial charge >= 0.3 is 0 Å². The number of rotatable bonds is 9. The zero-order valence-corrected chi connectivity index (χ0v) is 16.9. The summed E-state index contributed by atoms with van der Waals surface area (Å²) in [5.41, 5.74) is 1.18. The Morgan fingerprint density at radius 2 is 1.62 bits per heavy atom. The van der Waals surface area contributed by atoms with Gasteiger partial charge < -0.3 is 19.2 Å². The first-order chi connectivity index (χ1) is 14.0. The molecule has 0 spiro atoms. The first-order valence-corrected chi connectivity index (χ1v) is 9.45. The number of furan rings is 1. The summed E-state index contributed by atoms with van der Waals surface area (Å²) in [5, 5.41) is 2.88. The van der Waals surface area contributed by atoms with Crippen molar-refractivity contribution in [3.63, 3.8) is 0 Å². The van der Waals surface area contributed by atoms with Gasteiger partial charge in [0.2, 0.25) is 0 Å². The topological polar surface area (TPSA) is 63.9 Å². The van der Waals surface area contributed by atoms with Crippen LogP contribution in [0, 0.1) is 6.92 Å². The number of benzene rings is 2. The molecule has 0 unspecified atom stereocenters. The lowest BCUT2D eigenvalue weighted by molar-refractivity contribution is -0.123. The molecular weight excluding hydrogens is 368 g/mol. The van der Waals surface area contributed by atoms with Crippen LogP contribution >= 0.6 is 0 Å². The van der Waals surface area contributed by atoms with Gasteiger partial charge in [0.15, 0.2) is 6.61 Å². The molecule has 2 aromatic carbocycles. The fourth-order valence-electron chi connectivity index (χ4n) is 2.78. The highest BCUT2D eigenvalue weighted by Gasteiger charge is 2.17. The highest BCUT2D eigenvalue weighted by atomic mass is 16.5. The average molecular weight is 394 g/mol. The van der Waals surface area contributed by atoms with Crippen molar-refractivity contribution in [1.82, 2.24) is 10.2 Å². The van der Waals surface area contributed by atoms with E-state index in [-0.39, 0.29) is 18.6 Å². The quantitative estimate of drug-likeness (QED) is 0.590. The normalized spacial score (nSPS) is 11.9. The molecule has 1 aromatic heterocycles. The second-order valence-electron chi connectivity index (χ2n) is 6.97. The fourth-order valence-corrected chi connectivity index (χ4v) is 2.78. The molecule has 0 saturated heterocycles. The van der Waals surface area contributed by atoms with Crippen molar-refractivity contribution in [2.24, 2.45) is 0 Å². The average Bonchev–Trinajstić information content (AvgIpc) is 3.23. The number of carbonyl (C=O) groups excluding carboxylic acids is 1. The Kier molecular flexibility index (Phi) is 6.92. The largest absolute Gasteiger partial charge is 0.484 e. The number of ether oxygens (including phenoxy) is 2. The van der Waals surface area contributed by atoms with Crippen LogP contribution < -0.4 is 14.8 Å². The number of aryl methyl sites for hydroxylation is 1. The molecule has 0 aliphatic rings. The molecule has 1 atom stereocenters. The second kappa shape index (κ2) is 9.80. The molecule has 0 radical (unpaired) electrons. The summed E-state index contributed by atoms with van der Waals surface area (Å²) in [7, 11) is 3.88. The van der Waals surface area contributed by atoms with E-state index in [2.05, 4.69) is 5.32 Å². The van der Waals surface area contributed by atoms with Crippen LogP contribution in [-0.2, 0) is 4.79 Å². The van der Waals surface area contributed by atoms with Gasteiger partial charge in [0.25, 0.3) is 5.91 Å². The predicted molar refractivity (Wildman–Crippen MR) is 111 cm³/mol. The lowest BCUT2D eigenvalue weighted by Gasteiger charge is -2.22. The van der Waals surface area contributed by atoms with Crippen molar-refractivity contribution in [2.75, 3.05) is 27.2 Å². The monoisotopic (exact) mass is 394 g/mol. The van der Waals surface area contributed by atoms with E-state index >= 15 is 0 Å². The Morgan fingerprint density at radius 3 is 2.21 bits per heavy atom. The molecule has 1 amide bonds. The zero-order chi connectivity index (χ0) is 20.6. The van der Waals surface area contributed by atoms with E-state index in [4.69, 9.17) is 13.9 Å². The number of carbonyl (C=O) groups is 1. The first-order valence-electron chi connectivity index (χ1n) is 9.45. The summed E-state index contributed by atoms with van der Waals surface area (Å²) in [4.78, 5) is 14.1. The standard InChI is InChI=1S/C23H26N2O4/c1-17-6-8-19(9-7-17)29-20-12-10-18(11-13-20)28-16-23(26)24-15-21(25(2)3)22-5-4-14-27-22/h4-14,21H,15-16H2,1-3H3,(H,24,26)/t21-/m0/s1. The van der Waals surface area contributed by atoms with Crippen LogP contribution in [0.15, 0.2) is 71.3 Å². The SMILES string of the molecule is Cc1ccc(Oc2ccc(OCC(=O)NC[C@@H](c3ccco3)N(C)C)cc2)cc1. The van der Waals surface area contributed by atoms with Crippen LogP contribution in [0.5, 0.6) is 17.2 Å². The van der Waals surface area contributed by atoms with E-state index in [0.717, 1.165) is 11.5 Å². The van der Waals surface area contributed by atoms with Gasteiger partial charge in [0.1, 0.15) is 23.0 Å². The number of nitrogens with one attached hydrogen (secondary N) is 1. The number of nitrogens with zero attached hydrogens (tertiary/aromatic N) is 1. The van der Waals surface area contributed by atoms with Gasteiger partial charge in [-0.2, -0.15) is 0 Å². The molecule has 3 rings (SSSR count). The number of amides is 1. The zero-order valence-electron chi connectivity index (χ0n) is 16.9. The van der Waals surface area contributed by atoms with Gasteiger partial charge in [-0.1, -0.05) is 17.7 Å². The van der Waals surface area contributed by atoms with Crippen molar-refractivity contribution in [2.45, 2.75) is 13.0 Å². The van der Waals surface area contributed by atoms with Crippen molar-refractivity contribution >= 4 is 5.91 Å². The van der Waals surface area contributed by atoms with E-state index in [1.165, 1.54) is 5.56 Å². The van der Waals surface area contributed by atoms with Crippen molar-refractivity contribution in [3.05, 3.63) is 78.3 Å².